The molecule has 0 N–H and O–H groups in total. The van der Waals surface area contributed by atoms with Crippen molar-refractivity contribution in [2.75, 3.05) is 6.61 Å². The summed E-state index contributed by atoms with van der Waals surface area (Å²) in [4.78, 5) is 23.8. The molecule has 2 aliphatic carbocycles. The Kier molecular flexibility index (Phi) is 3.85. The maximum Gasteiger partial charge on any atom is 0.306 e. The molecule has 1 atom stereocenters. The number of carbonyl (C=O) groups excluding carboxylic acids is 2. The van der Waals surface area contributed by atoms with Crippen LogP contribution in [0.2, 0.25) is 0 Å². The monoisotopic (exact) mass is 238 g/mol. The van der Waals surface area contributed by atoms with Crippen LogP contribution in [0.5, 0.6) is 0 Å². The van der Waals surface area contributed by atoms with E-state index in [-0.39, 0.29) is 17.3 Å². The number of hydrogen-bond acceptors (Lipinski definition) is 3. The highest BCUT2D eigenvalue weighted by molar-refractivity contribution is 5.87. The third-order valence-electron chi connectivity index (χ3n) is 4.51. The van der Waals surface area contributed by atoms with Gasteiger partial charge in [-0.25, -0.2) is 0 Å². The van der Waals surface area contributed by atoms with Gasteiger partial charge in [-0.1, -0.05) is 12.8 Å². The minimum Gasteiger partial charge on any atom is -0.466 e. The lowest BCUT2D eigenvalue weighted by Crippen LogP contribution is -2.40. The van der Waals surface area contributed by atoms with E-state index in [0.29, 0.717) is 18.8 Å². The Morgan fingerprint density at radius 3 is 2.71 bits per heavy atom. The largest absolute Gasteiger partial charge is 0.466 e. The molecular weight excluding hydrogens is 216 g/mol. The predicted octanol–water partition coefficient (Wildman–Crippen LogP) is 2.87. The first-order valence-electron chi connectivity index (χ1n) is 6.88. The number of carbonyl (C=O) groups is 2. The molecule has 0 aromatic carbocycles. The summed E-state index contributed by atoms with van der Waals surface area (Å²) in [6, 6.07) is 0. The zero-order valence-corrected chi connectivity index (χ0v) is 10.7. The summed E-state index contributed by atoms with van der Waals surface area (Å²) >= 11 is 0. The van der Waals surface area contributed by atoms with Gasteiger partial charge >= 0.3 is 5.97 Å². The fraction of sp³-hybridized carbons (Fsp3) is 0.857. The van der Waals surface area contributed by atoms with Crippen LogP contribution in [-0.4, -0.2) is 18.4 Å². The Morgan fingerprint density at radius 2 is 2.06 bits per heavy atom. The van der Waals surface area contributed by atoms with E-state index in [9.17, 15) is 9.59 Å². The summed E-state index contributed by atoms with van der Waals surface area (Å²) in [6.45, 7) is 2.27. The van der Waals surface area contributed by atoms with Crippen LogP contribution in [-0.2, 0) is 14.3 Å². The fourth-order valence-corrected chi connectivity index (χ4v) is 3.67. The maximum absolute atomic E-state index is 12.2. The van der Waals surface area contributed by atoms with Crippen molar-refractivity contribution in [3.63, 3.8) is 0 Å². The third kappa shape index (κ3) is 2.38. The van der Waals surface area contributed by atoms with E-state index < -0.39 is 0 Å². The number of hydrogen-bond donors (Lipinski definition) is 0. The second-order valence-electron chi connectivity index (χ2n) is 5.38. The van der Waals surface area contributed by atoms with Crippen LogP contribution in [0.4, 0.5) is 0 Å². The highest BCUT2D eigenvalue weighted by Crippen LogP contribution is 2.51. The molecule has 2 saturated carbocycles. The SMILES string of the molecule is CCOC(=O)C[C@@H]1CCCC(=O)C12CCCC2. The first kappa shape index (κ1) is 12.6. The summed E-state index contributed by atoms with van der Waals surface area (Å²) in [6.07, 6.45) is 7.41. The molecule has 1 spiro atoms. The summed E-state index contributed by atoms with van der Waals surface area (Å²) in [5.41, 5.74) is -0.162. The quantitative estimate of drug-likeness (QED) is 0.710. The van der Waals surface area contributed by atoms with E-state index >= 15 is 0 Å². The second kappa shape index (κ2) is 5.19. The van der Waals surface area contributed by atoms with Crippen LogP contribution in [0.3, 0.4) is 0 Å². The molecule has 2 rings (SSSR count). The molecule has 0 aromatic heterocycles. The standard InChI is InChI=1S/C14H22O3/c1-2-17-13(16)10-11-6-5-7-12(15)14(11)8-3-4-9-14/h11H,2-10H2,1H3/t11-/m0/s1. The molecular formula is C14H22O3. The molecule has 2 fully saturated rings. The summed E-state index contributed by atoms with van der Waals surface area (Å²) in [5.74, 6) is 0.527. The van der Waals surface area contributed by atoms with Gasteiger partial charge in [-0.3, -0.25) is 9.59 Å². The summed E-state index contributed by atoms with van der Waals surface area (Å²) in [5, 5.41) is 0. The van der Waals surface area contributed by atoms with Gasteiger partial charge in [-0.2, -0.15) is 0 Å². The number of ether oxygens (including phenoxy) is 1. The number of esters is 1. The van der Waals surface area contributed by atoms with Crippen molar-refractivity contribution in [3.8, 4) is 0 Å². The van der Waals surface area contributed by atoms with Gasteiger partial charge in [-0.15, -0.1) is 0 Å². The second-order valence-corrected chi connectivity index (χ2v) is 5.38. The average Bonchev–Trinajstić information content (AvgIpc) is 2.76. The van der Waals surface area contributed by atoms with E-state index in [4.69, 9.17) is 4.74 Å². The Morgan fingerprint density at radius 1 is 1.35 bits per heavy atom. The zero-order valence-electron chi connectivity index (χ0n) is 10.7. The van der Waals surface area contributed by atoms with Crippen LogP contribution in [0, 0.1) is 11.3 Å². The van der Waals surface area contributed by atoms with Gasteiger partial charge in [-0.05, 0) is 38.5 Å². The molecule has 3 heteroatoms. The fourth-order valence-electron chi connectivity index (χ4n) is 3.67. The smallest absolute Gasteiger partial charge is 0.306 e. The van der Waals surface area contributed by atoms with E-state index in [1.165, 1.54) is 0 Å². The zero-order chi connectivity index (χ0) is 12.3. The van der Waals surface area contributed by atoms with Gasteiger partial charge in [0.2, 0.25) is 0 Å². The summed E-state index contributed by atoms with van der Waals surface area (Å²) in [7, 11) is 0. The van der Waals surface area contributed by atoms with Gasteiger partial charge in [0, 0.05) is 18.3 Å². The Hall–Kier alpha value is -0.860. The molecule has 0 saturated heterocycles. The molecule has 2 aliphatic rings. The third-order valence-corrected chi connectivity index (χ3v) is 4.51. The Balaban J connectivity index is 2.07. The first-order valence-corrected chi connectivity index (χ1v) is 6.88. The maximum atomic E-state index is 12.2. The minimum absolute atomic E-state index is 0.126. The van der Waals surface area contributed by atoms with Gasteiger partial charge in [0.05, 0.1) is 6.61 Å². The van der Waals surface area contributed by atoms with Crippen LogP contribution >= 0.6 is 0 Å². The lowest BCUT2D eigenvalue weighted by atomic mass is 9.63. The molecule has 3 nitrogen and oxygen atoms in total. The molecule has 0 radical (unpaired) electrons. The normalized spacial score (nSPS) is 27.4. The van der Waals surface area contributed by atoms with Crippen molar-refractivity contribution in [2.45, 2.75) is 58.3 Å². The summed E-state index contributed by atoms with van der Waals surface area (Å²) < 4.78 is 5.03. The van der Waals surface area contributed by atoms with Crippen LogP contribution in [0.25, 0.3) is 0 Å². The van der Waals surface area contributed by atoms with Gasteiger partial charge in [0.25, 0.3) is 0 Å². The number of ketones is 1. The highest BCUT2D eigenvalue weighted by Gasteiger charge is 2.49. The van der Waals surface area contributed by atoms with Crippen LogP contribution < -0.4 is 0 Å². The van der Waals surface area contributed by atoms with Gasteiger partial charge in [0.15, 0.2) is 0 Å². The van der Waals surface area contributed by atoms with Crippen LogP contribution in [0.15, 0.2) is 0 Å². The van der Waals surface area contributed by atoms with Crippen molar-refractivity contribution in [1.82, 2.24) is 0 Å². The topological polar surface area (TPSA) is 43.4 Å². The van der Waals surface area contributed by atoms with Crippen LogP contribution in [0.1, 0.15) is 58.3 Å². The molecule has 17 heavy (non-hydrogen) atoms. The average molecular weight is 238 g/mol. The molecule has 0 bridgehead atoms. The van der Waals surface area contributed by atoms with E-state index in [1.807, 2.05) is 6.92 Å². The minimum atomic E-state index is -0.162. The Bertz CT molecular complexity index is 303. The molecule has 0 heterocycles. The number of Topliss-reactive ketones (excluding diaryl/α,β-unsaturated/α-hetero) is 1. The van der Waals surface area contributed by atoms with Crippen molar-refractivity contribution >= 4 is 11.8 Å². The molecule has 0 aliphatic heterocycles. The predicted molar refractivity (Wildman–Crippen MR) is 64.5 cm³/mol. The van der Waals surface area contributed by atoms with E-state index in [1.54, 1.807) is 0 Å². The lowest BCUT2D eigenvalue weighted by molar-refractivity contribution is -0.148. The van der Waals surface area contributed by atoms with E-state index in [0.717, 1.165) is 44.9 Å². The van der Waals surface area contributed by atoms with Crippen molar-refractivity contribution in [3.05, 3.63) is 0 Å². The molecule has 0 aromatic rings. The number of rotatable bonds is 3. The molecule has 0 unspecified atom stereocenters. The van der Waals surface area contributed by atoms with Gasteiger partial charge in [0.1, 0.15) is 5.78 Å². The first-order chi connectivity index (χ1) is 8.19. The van der Waals surface area contributed by atoms with Crippen molar-refractivity contribution in [2.24, 2.45) is 11.3 Å². The molecule has 0 amide bonds. The van der Waals surface area contributed by atoms with Crippen molar-refractivity contribution in [1.29, 1.82) is 0 Å². The van der Waals surface area contributed by atoms with Crippen molar-refractivity contribution < 1.29 is 14.3 Å². The lowest BCUT2D eigenvalue weighted by Gasteiger charge is -2.39. The highest BCUT2D eigenvalue weighted by atomic mass is 16.5. The Labute approximate surface area is 103 Å². The van der Waals surface area contributed by atoms with Gasteiger partial charge < -0.3 is 4.74 Å². The molecule has 96 valence electrons. The van der Waals surface area contributed by atoms with E-state index in [2.05, 4.69) is 0 Å².